The molecule has 0 saturated carbocycles. The first-order valence-corrected chi connectivity index (χ1v) is 3.96. The molecule has 1 radical (unpaired) electrons. The molecule has 0 heterocycles. The van der Waals surface area contributed by atoms with Crippen LogP contribution in [0.15, 0.2) is 17.7 Å². The summed E-state index contributed by atoms with van der Waals surface area (Å²) in [5, 5.41) is 0. The summed E-state index contributed by atoms with van der Waals surface area (Å²) in [6.45, 7) is 6.64. The van der Waals surface area contributed by atoms with Crippen LogP contribution in [0, 0.1) is 17.9 Å². The lowest BCUT2D eigenvalue weighted by Crippen LogP contribution is -1.96. The maximum atomic E-state index is 3.32. The van der Waals surface area contributed by atoms with E-state index >= 15 is 0 Å². The van der Waals surface area contributed by atoms with Crippen molar-refractivity contribution in [2.45, 2.75) is 27.2 Å². The highest BCUT2D eigenvalue weighted by atomic mass is 14.1. The Morgan fingerprint density at radius 1 is 1.60 bits per heavy atom. The Bertz CT molecular complexity index is 161. The van der Waals surface area contributed by atoms with Crippen LogP contribution in [0.4, 0.5) is 0 Å². The SMILES string of the molecule is CC1=CC(CC(C)C)[C]=C1. The summed E-state index contributed by atoms with van der Waals surface area (Å²) in [4.78, 5) is 0. The van der Waals surface area contributed by atoms with Crippen LogP contribution in [0.25, 0.3) is 0 Å². The zero-order valence-electron chi connectivity index (χ0n) is 7.02. The summed E-state index contributed by atoms with van der Waals surface area (Å²) < 4.78 is 0. The predicted octanol–water partition coefficient (Wildman–Crippen LogP) is 2.97. The van der Waals surface area contributed by atoms with Gasteiger partial charge in [0.15, 0.2) is 0 Å². The smallest absolute Gasteiger partial charge is 0.00291 e. The fourth-order valence-electron chi connectivity index (χ4n) is 1.30. The van der Waals surface area contributed by atoms with Gasteiger partial charge in [-0.2, -0.15) is 0 Å². The molecule has 10 heavy (non-hydrogen) atoms. The standard InChI is InChI=1S/C10H15/c1-8(2)6-10-5-4-9(3)7-10/h4,7-8,10H,6H2,1-3H3. The van der Waals surface area contributed by atoms with Gasteiger partial charge in [-0.25, -0.2) is 0 Å². The predicted molar refractivity (Wildman–Crippen MR) is 44.5 cm³/mol. The Hall–Kier alpha value is -0.520. The van der Waals surface area contributed by atoms with Crippen molar-refractivity contribution in [2.75, 3.05) is 0 Å². The van der Waals surface area contributed by atoms with Gasteiger partial charge < -0.3 is 0 Å². The van der Waals surface area contributed by atoms with Crippen molar-refractivity contribution in [1.82, 2.24) is 0 Å². The van der Waals surface area contributed by atoms with Gasteiger partial charge in [0, 0.05) is 5.92 Å². The van der Waals surface area contributed by atoms with E-state index in [1.807, 2.05) is 0 Å². The van der Waals surface area contributed by atoms with E-state index in [0.29, 0.717) is 5.92 Å². The van der Waals surface area contributed by atoms with E-state index in [1.165, 1.54) is 12.0 Å². The topological polar surface area (TPSA) is 0 Å². The molecule has 0 bridgehead atoms. The molecule has 0 aromatic heterocycles. The molecule has 0 aliphatic heterocycles. The summed E-state index contributed by atoms with van der Waals surface area (Å²) >= 11 is 0. The van der Waals surface area contributed by atoms with Crippen LogP contribution in [-0.2, 0) is 0 Å². The van der Waals surface area contributed by atoms with E-state index in [1.54, 1.807) is 0 Å². The van der Waals surface area contributed by atoms with Crippen LogP contribution in [0.3, 0.4) is 0 Å². The van der Waals surface area contributed by atoms with Crippen molar-refractivity contribution >= 4 is 0 Å². The molecule has 0 amide bonds. The van der Waals surface area contributed by atoms with Crippen LogP contribution in [0.1, 0.15) is 27.2 Å². The molecule has 0 heteroatoms. The second kappa shape index (κ2) is 3.05. The first kappa shape index (κ1) is 7.59. The first-order valence-electron chi connectivity index (χ1n) is 3.96. The highest BCUT2D eigenvalue weighted by Crippen LogP contribution is 2.21. The molecule has 1 atom stereocenters. The van der Waals surface area contributed by atoms with Gasteiger partial charge in [-0.15, -0.1) is 0 Å². The Kier molecular flexibility index (Phi) is 2.31. The average Bonchev–Trinajstić information content (AvgIpc) is 2.13. The summed E-state index contributed by atoms with van der Waals surface area (Å²) in [5.41, 5.74) is 1.37. The van der Waals surface area contributed by atoms with E-state index < -0.39 is 0 Å². The highest BCUT2D eigenvalue weighted by molar-refractivity contribution is 5.23. The summed E-state index contributed by atoms with van der Waals surface area (Å²) in [7, 11) is 0. The normalized spacial score (nSPS) is 24.0. The number of allylic oxidation sites excluding steroid dienone is 4. The van der Waals surface area contributed by atoms with Crippen LogP contribution < -0.4 is 0 Å². The molecule has 0 spiro atoms. The summed E-state index contributed by atoms with van der Waals surface area (Å²) in [6.07, 6.45) is 8.95. The lowest BCUT2D eigenvalue weighted by atomic mass is 9.99. The van der Waals surface area contributed by atoms with E-state index in [0.717, 1.165) is 5.92 Å². The Labute approximate surface area is 63.6 Å². The maximum absolute atomic E-state index is 3.32. The quantitative estimate of drug-likeness (QED) is 0.546. The monoisotopic (exact) mass is 135 g/mol. The van der Waals surface area contributed by atoms with Crippen LogP contribution in [-0.4, -0.2) is 0 Å². The van der Waals surface area contributed by atoms with Crippen LogP contribution >= 0.6 is 0 Å². The molecule has 1 aliphatic carbocycles. The molecule has 0 fully saturated rings. The Morgan fingerprint density at radius 2 is 2.30 bits per heavy atom. The van der Waals surface area contributed by atoms with Crippen LogP contribution in [0.5, 0.6) is 0 Å². The molecule has 0 nitrogen and oxygen atoms in total. The van der Waals surface area contributed by atoms with Gasteiger partial charge in [-0.3, -0.25) is 0 Å². The van der Waals surface area contributed by atoms with Crippen molar-refractivity contribution in [3.8, 4) is 0 Å². The highest BCUT2D eigenvalue weighted by Gasteiger charge is 2.08. The van der Waals surface area contributed by atoms with Crippen molar-refractivity contribution in [2.24, 2.45) is 11.8 Å². The number of hydrogen-bond donors (Lipinski definition) is 0. The van der Waals surface area contributed by atoms with Crippen molar-refractivity contribution in [1.29, 1.82) is 0 Å². The zero-order chi connectivity index (χ0) is 7.56. The molecule has 1 unspecified atom stereocenters. The molecule has 55 valence electrons. The molecule has 1 rings (SSSR count). The fraction of sp³-hybridized carbons (Fsp3) is 0.600. The Balaban J connectivity index is 2.40. The third-order valence-electron chi connectivity index (χ3n) is 1.71. The molecule has 0 saturated heterocycles. The van der Waals surface area contributed by atoms with Gasteiger partial charge in [0.2, 0.25) is 0 Å². The van der Waals surface area contributed by atoms with Gasteiger partial charge in [0.25, 0.3) is 0 Å². The van der Waals surface area contributed by atoms with E-state index in [-0.39, 0.29) is 0 Å². The molecular weight excluding hydrogens is 120 g/mol. The summed E-state index contributed by atoms with van der Waals surface area (Å²) in [5.74, 6) is 1.38. The largest absolute Gasteiger partial charge is 0.0740 e. The minimum atomic E-state index is 0.597. The van der Waals surface area contributed by atoms with Gasteiger partial charge in [-0.05, 0) is 25.3 Å². The summed E-state index contributed by atoms with van der Waals surface area (Å²) in [6, 6.07) is 0. The second-order valence-corrected chi connectivity index (χ2v) is 3.46. The van der Waals surface area contributed by atoms with Gasteiger partial charge in [-0.1, -0.05) is 31.6 Å². The minimum Gasteiger partial charge on any atom is -0.0740 e. The van der Waals surface area contributed by atoms with Crippen molar-refractivity contribution < 1.29 is 0 Å². The number of hydrogen-bond acceptors (Lipinski definition) is 0. The number of rotatable bonds is 2. The van der Waals surface area contributed by atoms with Crippen LogP contribution in [0.2, 0.25) is 0 Å². The zero-order valence-corrected chi connectivity index (χ0v) is 7.02. The van der Waals surface area contributed by atoms with E-state index in [9.17, 15) is 0 Å². The second-order valence-electron chi connectivity index (χ2n) is 3.46. The Morgan fingerprint density at radius 3 is 2.70 bits per heavy atom. The molecule has 0 aromatic rings. The lowest BCUT2D eigenvalue weighted by Gasteiger charge is -2.06. The molecule has 0 aromatic carbocycles. The molecule has 1 aliphatic rings. The molecule has 0 N–H and O–H groups in total. The maximum Gasteiger partial charge on any atom is 0.00291 e. The van der Waals surface area contributed by atoms with Gasteiger partial charge in [0.05, 0.1) is 0 Å². The van der Waals surface area contributed by atoms with Crippen molar-refractivity contribution in [3.05, 3.63) is 23.8 Å². The van der Waals surface area contributed by atoms with Gasteiger partial charge >= 0.3 is 0 Å². The van der Waals surface area contributed by atoms with E-state index in [4.69, 9.17) is 0 Å². The third-order valence-corrected chi connectivity index (χ3v) is 1.71. The lowest BCUT2D eigenvalue weighted by molar-refractivity contribution is 0.528. The average molecular weight is 135 g/mol. The van der Waals surface area contributed by atoms with Crippen molar-refractivity contribution in [3.63, 3.8) is 0 Å². The fourth-order valence-corrected chi connectivity index (χ4v) is 1.30. The minimum absolute atomic E-state index is 0.597. The van der Waals surface area contributed by atoms with Gasteiger partial charge in [0.1, 0.15) is 0 Å². The van der Waals surface area contributed by atoms with E-state index in [2.05, 4.69) is 39.0 Å². The first-order chi connectivity index (χ1) is 4.68. The molecular formula is C10H15. The third kappa shape index (κ3) is 2.02.